The Morgan fingerprint density at radius 2 is 2.14 bits per heavy atom. The molecular weight excluding hydrogens is 262 g/mol. The summed E-state index contributed by atoms with van der Waals surface area (Å²) >= 11 is 0. The molecule has 1 N–H and O–H groups in total. The molecule has 0 bridgehead atoms. The van der Waals surface area contributed by atoms with Crippen molar-refractivity contribution >= 4 is 5.96 Å². The number of guanidine groups is 1. The van der Waals surface area contributed by atoms with E-state index in [4.69, 9.17) is 4.74 Å². The fourth-order valence-corrected chi connectivity index (χ4v) is 2.55. The lowest BCUT2D eigenvalue weighted by Crippen LogP contribution is -2.38. The zero-order valence-electron chi connectivity index (χ0n) is 13.4. The first-order valence-corrected chi connectivity index (χ1v) is 7.78. The minimum atomic E-state index is 0.784. The first-order valence-electron chi connectivity index (χ1n) is 7.78. The van der Waals surface area contributed by atoms with Crippen LogP contribution in [0, 0.1) is 5.92 Å². The second kappa shape index (κ2) is 7.91. The molecule has 21 heavy (non-hydrogen) atoms. The maximum Gasteiger partial charge on any atom is 0.193 e. The molecule has 1 aliphatic carbocycles. The summed E-state index contributed by atoms with van der Waals surface area (Å²) in [5, 5.41) is 3.45. The highest BCUT2D eigenvalue weighted by Crippen LogP contribution is 2.33. The molecule has 0 spiro atoms. The van der Waals surface area contributed by atoms with Crippen molar-refractivity contribution in [3.05, 3.63) is 29.8 Å². The van der Waals surface area contributed by atoms with Crippen LogP contribution in [0.25, 0.3) is 0 Å². The molecular formula is C17H27N3O. The molecule has 0 saturated heterocycles. The van der Waals surface area contributed by atoms with E-state index in [1.165, 1.54) is 31.2 Å². The van der Waals surface area contributed by atoms with Gasteiger partial charge in [0.05, 0.1) is 7.11 Å². The van der Waals surface area contributed by atoms with Crippen LogP contribution in [0.5, 0.6) is 5.75 Å². The SMILES string of the molecule is CN=C(NCCCC1CC1)N(C)Cc1ccccc1OC. The number of methoxy groups -OCH3 is 1. The molecule has 0 heterocycles. The third kappa shape index (κ3) is 4.96. The standard InChI is InChI=1S/C17H27N3O/c1-18-17(19-12-6-7-14-10-11-14)20(2)13-15-8-4-5-9-16(15)21-3/h4-5,8-9,14H,6-7,10-13H2,1-3H3,(H,18,19). The number of hydrogen-bond acceptors (Lipinski definition) is 2. The van der Waals surface area contributed by atoms with E-state index < -0.39 is 0 Å². The van der Waals surface area contributed by atoms with Crippen molar-refractivity contribution in [2.75, 3.05) is 27.7 Å². The summed E-state index contributed by atoms with van der Waals surface area (Å²) < 4.78 is 5.40. The largest absolute Gasteiger partial charge is 0.496 e. The maximum absolute atomic E-state index is 5.40. The van der Waals surface area contributed by atoms with Gasteiger partial charge in [0.25, 0.3) is 0 Å². The topological polar surface area (TPSA) is 36.9 Å². The summed E-state index contributed by atoms with van der Waals surface area (Å²) in [4.78, 5) is 6.50. The third-order valence-corrected chi connectivity index (χ3v) is 3.94. The van der Waals surface area contributed by atoms with Gasteiger partial charge in [0.1, 0.15) is 5.75 Å². The average molecular weight is 289 g/mol. The van der Waals surface area contributed by atoms with Crippen LogP contribution < -0.4 is 10.1 Å². The molecule has 1 aliphatic rings. The molecule has 0 atom stereocenters. The lowest BCUT2D eigenvalue weighted by atomic mass is 10.2. The maximum atomic E-state index is 5.40. The Bertz CT molecular complexity index is 469. The Kier molecular flexibility index (Phi) is 5.90. The van der Waals surface area contributed by atoms with Crippen LogP contribution in [0.3, 0.4) is 0 Å². The van der Waals surface area contributed by atoms with E-state index in [2.05, 4.69) is 28.3 Å². The van der Waals surface area contributed by atoms with E-state index in [9.17, 15) is 0 Å². The Labute approximate surface area is 128 Å². The van der Waals surface area contributed by atoms with E-state index in [-0.39, 0.29) is 0 Å². The first kappa shape index (κ1) is 15.7. The number of nitrogens with zero attached hydrogens (tertiary/aromatic N) is 2. The van der Waals surface area contributed by atoms with Gasteiger partial charge in [-0.15, -0.1) is 0 Å². The lowest BCUT2D eigenvalue weighted by molar-refractivity contribution is 0.396. The van der Waals surface area contributed by atoms with Crippen LogP contribution in [-0.4, -0.2) is 38.6 Å². The number of rotatable bonds is 7. The molecule has 4 heteroatoms. The van der Waals surface area contributed by atoms with Gasteiger partial charge < -0.3 is 15.0 Å². The van der Waals surface area contributed by atoms with Gasteiger partial charge in [-0.2, -0.15) is 0 Å². The van der Waals surface area contributed by atoms with Crippen LogP contribution in [-0.2, 0) is 6.54 Å². The van der Waals surface area contributed by atoms with Crippen LogP contribution in [0.4, 0.5) is 0 Å². The van der Waals surface area contributed by atoms with E-state index in [0.29, 0.717) is 0 Å². The summed E-state index contributed by atoms with van der Waals surface area (Å²) in [7, 11) is 5.61. The summed E-state index contributed by atoms with van der Waals surface area (Å²) in [6, 6.07) is 8.12. The van der Waals surface area contributed by atoms with Gasteiger partial charge in [-0.25, -0.2) is 0 Å². The monoisotopic (exact) mass is 289 g/mol. The molecule has 2 rings (SSSR count). The Balaban J connectivity index is 1.82. The van der Waals surface area contributed by atoms with E-state index in [1.54, 1.807) is 7.11 Å². The lowest BCUT2D eigenvalue weighted by Gasteiger charge is -2.23. The normalized spacial score (nSPS) is 14.9. The van der Waals surface area contributed by atoms with Gasteiger partial charge in [-0.3, -0.25) is 4.99 Å². The van der Waals surface area contributed by atoms with Gasteiger partial charge >= 0.3 is 0 Å². The number of benzene rings is 1. The molecule has 0 aromatic heterocycles. The van der Waals surface area contributed by atoms with Gasteiger partial charge in [0, 0.05) is 32.7 Å². The van der Waals surface area contributed by atoms with Gasteiger partial charge in [0.15, 0.2) is 5.96 Å². The zero-order valence-corrected chi connectivity index (χ0v) is 13.4. The molecule has 0 amide bonds. The van der Waals surface area contributed by atoms with Crippen LogP contribution in [0.1, 0.15) is 31.2 Å². The number of aliphatic imine (C=N–C) groups is 1. The molecule has 1 saturated carbocycles. The second-order valence-corrected chi connectivity index (χ2v) is 5.73. The summed E-state index contributed by atoms with van der Waals surface area (Å²) in [5.41, 5.74) is 1.17. The van der Waals surface area contributed by atoms with Crippen molar-refractivity contribution in [2.24, 2.45) is 10.9 Å². The van der Waals surface area contributed by atoms with E-state index in [1.807, 2.05) is 25.2 Å². The summed E-state index contributed by atoms with van der Waals surface area (Å²) in [5.74, 6) is 2.87. The number of nitrogens with one attached hydrogen (secondary N) is 1. The smallest absolute Gasteiger partial charge is 0.193 e. The van der Waals surface area contributed by atoms with Gasteiger partial charge in [-0.05, 0) is 24.8 Å². The Hall–Kier alpha value is -1.71. The summed E-state index contributed by atoms with van der Waals surface area (Å²) in [6.45, 7) is 1.78. The second-order valence-electron chi connectivity index (χ2n) is 5.73. The minimum absolute atomic E-state index is 0.784. The van der Waals surface area contributed by atoms with Crippen molar-refractivity contribution in [3.63, 3.8) is 0 Å². The fraction of sp³-hybridized carbons (Fsp3) is 0.588. The Morgan fingerprint density at radius 1 is 1.38 bits per heavy atom. The molecule has 4 nitrogen and oxygen atoms in total. The highest BCUT2D eigenvalue weighted by molar-refractivity contribution is 5.79. The van der Waals surface area contributed by atoms with Crippen molar-refractivity contribution in [3.8, 4) is 5.75 Å². The highest BCUT2D eigenvalue weighted by Gasteiger charge is 2.20. The molecule has 0 unspecified atom stereocenters. The van der Waals surface area contributed by atoms with Gasteiger partial charge in [0.2, 0.25) is 0 Å². The molecule has 1 aromatic carbocycles. The quantitative estimate of drug-likeness (QED) is 0.476. The molecule has 1 aromatic rings. The predicted molar refractivity (Wildman–Crippen MR) is 87.8 cm³/mol. The Morgan fingerprint density at radius 3 is 2.81 bits per heavy atom. The number of ether oxygens (including phenoxy) is 1. The molecule has 116 valence electrons. The summed E-state index contributed by atoms with van der Waals surface area (Å²) in [6.07, 6.45) is 5.44. The zero-order chi connectivity index (χ0) is 15.1. The molecule has 0 aliphatic heterocycles. The van der Waals surface area contributed by atoms with Crippen LogP contribution in [0.2, 0.25) is 0 Å². The van der Waals surface area contributed by atoms with E-state index in [0.717, 1.165) is 30.7 Å². The van der Waals surface area contributed by atoms with E-state index >= 15 is 0 Å². The number of hydrogen-bond donors (Lipinski definition) is 1. The molecule has 0 radical (unpaired) electrons. The predicted octanol–water partition coefficient (Wildman–Crippen LogP) is 2.89. The van der Waals surface area contributed by atoms with Crippen LogP contribution >= 0.6 is 0 Å². The first-order chi connectivity index (χ1) is 10.2. The van der Waals surface area contributed by atoms with Crippen LogP contribution in [0.15, 0.2) is 29.3 Å². The minimum Gasteiger partial charge on any atom is -0.496 e. The number of para-hydroxylation sites is 1. The molecule has 1 fully saturated rings. The van der Waals surface area contributed by atoms with Crippen molar-refractivity contribution in [2.45, 2.75) is 32.2 Å². The van der Waals surface area contributed by atoms with Crippen molar-refractivity contribution in [1.29, 1.82) is 0 Å². The third-order valence-electron chi connectivity index (χ3n) is 3.94. The average Bonchev–Trinajstić information content (AvgIpc) is 3.32. The fourth-order valence-electron chi connectivity index (χ4n) is 2.55. The van der Waals surface area contributed by atoms with Crippen molar-refractivity contribution < 1.29 is 4.74 Å². The van der Waals surface area contributed by atoms with Crippen molar-refractivity contribution in [1.82, 2.24) is 10.2 Å². The van der Waals surface area contributed by atoms with Gasteiger partial charge in [-0.1, -0.05) is 31.0 Å². The highest BCUT2D eigenvalue weighted by atomic mass is 16.5.